The Bertz CT molecular complexity index is 1650. The average Bonchev–Trinajstić information content (AvgIpc) is 3.55. The molecule has 2 heterocycles. The Kier molecular flexibility index (Phi) is 8.01. The number of carbonyl (C=O) groups excluding carboxylic acids is 2. The van der Waals surface area contributed by atoms with Crippen LogP contribution in [0.25, 0.3) is 11.8 Å². The smallest absolute Gasteiger partial charge is 0.307 e. The molecule has 0 atom stereocenters. The molecule has 0 bridgehead atoms. The molecular formula is C29H24N4O7S. The summed E-state index contributed by atoms with van der Waals surface area (Å²) in [5.41, 5.74) is 1.48. The van der Waals surface area contributed by atoms with E-state index in [2.05, 4.69) is 10.3 Å². The fourth-order valence-corrected chi connectivity index (χ4v) is 5.01. The number of anilines is 1. The lowest BCUT2D eigenvalue weighted by Gasteiger charge is -2.17. The molecule has 12 heteroatoms. The van der Waals surface area contributed by atoms with Crippen molar-refractivity contribution >= 4 is 40.4 Å². The minimum atomic E-state index is -0.857. The number of para-hydroxylation sites is 2. The number of aliphatic imine (C=N–C) groups is 1. The molecule has 0 spiro atoms. The molecule has 0 unspecified atom stereocenters. The summed E-state index contributed by atoms with van der Waals surface area (Å²) in [7, 11) is 4.52. The second-order valence-electron chi connectivity index (χ2n) is 8.52. The lowest BCUT2D eigenvalue weighted by atomic mass is 10.1. The molecule has 1 aromatic heterocycles. The van der Waals surface area contributed by atoms with Crippen LogP contribution in [0.4, 0.5) is 5.69 Å². The van der Waals surface area contributed by atoms with Gasteiger partial charge >= 0.3 is 5.69 Å². The highest BCUT2D eigenvalue weighted by molar-refractivity contribution is 8.14. The molecule has 11 nitrogen and oxygen atoms in total. The molecule has 3 aromatic carbocycles. The van der Waals surface area contributed by atoms with Gasteiger partial charge in [-0.2, -0.15) is 0 Å². The van der Waals surface area contributed by atoms with E-state index in [1.807, 2.05) is 6.07 Å². The van der Waals surface area contributed by atoms with Crippen LogP contribution in [0.2, 0.25) is 0 Å². The molecule has 1 amide bonds. The Balaban J connectivity index is 1.49. The highest BCUT2D eigenvalue weighted by Crippen LogP contribution is 2.37. The van der Waals surface area contributed by atoms with Crippen LogP contribution in [0.15, 0.2) is 88.0 Å². The van der Waals surface area contributed by atoms with Crippen LogP contribution < -0.4 is 28.9 Å². The zero-order valence-electron chi connectivity index (χ0n) is 22.3. The van der Waals surface area contributed by atoms with Gasteiger partial charge in [0.2, 0.25) is 11.5 Å². The summed E-state index contributed by atoms with van der Waals surface area (Å²) < 4.78 is 22.2. The number of aromatic nitrogens is 2. The molecule has 0 radical (unpaired) electrons. The number of hydrogen-bond donors (Lipinski definition) is 0. The van der Waals surface area contributed by atoms with Gasteiger partial charge < -0.3 is 23.8 Å². The van der Waals surface area contributed by atoms with Gasteiger partial charge in [-0.1, -0.05) is 48.2 Å². The predicted molar refractivity (Wildman–Crippen MR) is 150 cm³/mol. The first-order chi connectivity index (χ1) is 19.9. The largest absolute Gasteiger partial charge is 0.539 e. The number of amidine groups is 1. The molecule has 0 N–H and O–H groups in total. The van der Waals surface area contributed by atoms with Crippen molar-refractivity contribution in [2.24, 2.45) is 4.99 Å². The summed E-state index contributed by atoms with van der Waals surface area (Å²) in [6.45, 7) is 0. The monoisotopic (exact) mass is 572 g/mol. The third-order valence-corrected chi connectivity index (χ3v) is 7.02. The first-order valence-corrected chi connectivity index (χ1v) is 13.2. The fourth-order valence-electron chi connectivity index (χ4n) is 4.14. The summed E-state index contributed by atoms with van der Waals surface area (Å²) in [6.07, 6.45) is 1.58. The Morgan fingerprint density at radius 2 is 1.61 bits per heavy atom. The molecular weight excluding hydrogens is 548 g/mol. The quantitative estimate of drug-likeness (QED) is 0.168. The molecule has 4 aromatic rings. The second-order valence-corrected chi connectivity index (χ2v) is 9.46. The summed E-state index contributed by atoms with van der Waals surface area (Å²) >= 11 is 1.01. The number of thioether (sulfide) groups is 1. The first-order valence-electron chi connectivity index (χ1n) is 12.3. The Hall–Kier alpha value is -5.10. The van der Waals surface area contributed by atoms with Crippen molar-refractivity contribution in [1.82, 2.24) is 5.27 Å². The van der Waals surface area contributed by atoms with E-state index >= 15 is 0 Å². The van der Waals surface area contributed by atoms with E-state index < -0.39 is 17.6 Å². The molecule has 0 aliphatic carbocycles. The SMILES string of the molecule is COc1cc(OC)c(OC)cc1/C=C1/N=C(SCC(=O)c2c([O-])on[n+]2-c2ccccc2)N(c2ccccc2)C1=O. The van der Waals surface area contributed by atoms with Crippen LogP contribution in [0, 0.1) is 0 Å². The van der Waals surface area contributed by atoms with Crippen LogP contribution in [0.3, 0.4) is 0 Å². The Morgan fingerprint density at radius 3 is 2.27 bits per heavy atom. The lowest BCUT2D eigenvalue weighted by molar-refractivity contribution is -0.672. The highest BCUT2D eigenvalue weighted by Gasteiger charge is 2.34. The standard InChI is InChI=1S/C29H24N4O7S/c1-37-23-16-25(39-3)24(38-2)15-18(23)14-21-27(35)32(19-10-6-4-7-11-19)29(30-21)41-17-22(34)26-28(36)40-31-33(26)20-12-8-5-9-13-20/h4-16H,17H2,1-3H3/b21-14+. The maximum atomic E-state index is 13.6. The number of hydrogen-bond acceptors (Lipinski definition) is 10. The molecule has 41 heavy (non-hydrogen) atoms. The van der Waals surface area contributed by atoms with E-state index in [0.717, 1.165) is 16.4 Å². The fraction of sp³-hybridized carbons (Fsp3) is 0.138. The van der Waals surface area contributed by atoms with Crippen molar-refractivity contribution in [3.63, 3.8) is 0 Å². The van der Waals surface area contributed by atoms with Gasteiger partial charge in [0.15, 0.2) is 22.6 Å². The number of carbonyl (C=O) groups is 2. The third-order valence-electron chi connectivity index (χ3n) is 6.08. The highest BCUT2D eigenvalue weighted by atomic mass is 32.2. The summed E-state index contributed by atoms with van der Waals surface area (Å²) in [4.78, 5) is 32.8. The van der Waals surface area contributed by atoms with E-state index in [1.165, 1.54) is 26.2 Å². The zero-order chi connectivity index (χ0) is 28.9. The van der Waals surface area contributed by atoms with Gasteiger partial charge in [0, 0.05) is 23.8 Å². The molecule has 1 aliphatic heterocycles. The van der Waals surface area contributed by atoms with E-state index in [9.17, 15) is 14.7 Å². The third kappa shape index (κ3) is 5.50. The van der Waals surface area contributed by atoms with E-state index in [-0.39, 0.29) is 22.3 Å². The van der Waals surface area contributed by atoms with Gasteiger partial charge in [-0.3, -0.25) is 14.5 Å². The van der Waals surface area contributed by atoms with Crippen molar-refractivity contribution < 1.29 is 38.1 Å². The maximum Gasteiger partial charge on any atom is 0.307 e. The molecule has 0 fully saturated rings. The minimum Gasteiger partial charge on any atom is -0.539 e. The zero-order valence-corrected chi connectivity index (χ0v) is 23.1. The topological polar surface area (TPSA) is 130 Å². The number of benzene rings is 3. The van der Waals surface area contributed by atoms with Crippen molar-refractivity contribution in [3.8, 4) is 28.9 Å². The van der Waals surface area contributed by atoms with Gasteiger partial charge in [-0.05, 0) is 29.0 Å². The number of methoxy groups -OCH3 is 3. The van der Waals surface area contributed by atoms with Gasteiger partial charge in [0.25, 0.3) is 5.91 Å². The van der Waals surface area contributed by atoms with Gasteiger partial charge in [0.05, 0.1) is 38.0 Å². The minimum absolute atomic E-state index is 0.114. The van der Waals surface area contributed by atoms with Crippen LogP contribution in [0.5, 0.6) is 23.2 Å². The summed E-state index contributed by atoms with van der Waals surface area (Å²) in [6, 6.07) is 21.0. The van der Waals surface area contributed by atoms with Crippen LogP contribution >= 0.6 is 11.8 Å². The molecule has 1 aliphatic rings. The van der Waals surface area contributed by atoms with Gasteiger partial charge in [-0.25, -0.2) is 4.99 Å². The van der Waals surface area contributed by atoms with Crippen LogP contribution in [-0.2, 0) is 4.79 Å². The number of nitrogens with zero attached hydrogens (tertiary/aromatic N) is 4. The lowest BCUT2D eigenvalue weighted by Crippen LogP contribution is -2.39. The van der Waals surface area contributed by atoms with Crippen molar-refractivity contribution in [1.29, 1.82) is 0 Å². The molecule has 5 rings (SSSR count). The normalized spacial score (nSPS) is 13.8. The number of rotatable bonds is 9. The molecule has 208 valence electrons. The van der Waals surface area contributed by atoms with Gasteiger partial charge in [0.1, 0.15) is 11.4 Å². The number of Topliss-reactive ketones (excluding diaryl/α,β-unsaturated/α-hetero) is 1. The number of ether oxygens (including phenoxy) is 3. The second kappa shape index (κ2) is 12.0. The maximum absolute atomic E-state index is 13.6. The number of amides is 1. The predicted octanol–water partition coefficient (Wildman–Crippen LogP) is 3.41. The molecule has 0 saturated carbocycles. The van der Waals surface area contributed by atoms with E-state index in [1.54, 1.807) is 72.8 Å². The van der Waals surface area contributed by atoms with Gasteiger partial charge in [-0.15, -0.1) is 0 Å². The summed E-state index contributed by atoms with van der Waals surface area (Å²) in [5.74, 6) is -0.641. The van der Waals surface area contributed by atoms with Crippen LogP contribution in [0.1, 0.15) is 16.1 Å². The van der Waals surface area contributed by atoms with Crippen molar-refractivity contribution in [2.75, 3.05) is 32.0 Å². The van der Waals surface area contributed by atoms with Crippen LogP contribution in [-0.4, -0.2) is 49.2 Å². The molecule has 0 saturated heterocycles. The van der Waals surface area contributed by atoms with E-state index in [4.69, 9.17) is 18.7 Å². The Morgan fingerprint density at radius 1 is 0.976 bits per heavy atom. The van der Waals surface area contributed by atoms with Crippen molar-refractivity contribution in [3.05, 3.63) is 89.8 Å². The first kappa shape index (κ1) is 27.5. The summed E-state index contributed by atoms with van der Waals surface area (Å²) in [5, 5.41) is 16.4. The van der Waals surface area contributed by atoms with Crippen molar-refractivity contribution in [2.45, 2.75) is 0 Å². The Labute approximate surface area is 239 Å². The number of ketones is 1. The average molecular weight is 573 g/mol. The van der Waals surface area contributed by atoms with E-state index in [0.29, 0.717) is 34.2 Å².